The zero-order valence-corrected chi connectivity index (χ0v) is 12.7. The van der Waals surface area contributed by atoms with Crippen LogP contribution in [0.1, 0.15) is 17.3 Å². The third kappa shape index (κ3) is 3.00. The summed E-state index contributed by atoms with van der Waals surface area (Å²) in [6, 6.07) is 6.40. The summed E-state index contributed by atoms with van der Waals surface area (Å²) in [7, 11) is 0. The van der Waals surface area contributed by atoms with Crippen LogP contribution in [-0.4, -0.2) is 31.9 Å². The Bertz CT molecular complexity index is 936. The summed E-state index contributed by atoms with van der Waals surface area (Å²) in [5.41, 5.74) is 2.25. The molecule has 0 aliphatic carbocycles. The number of carboxylic acid groups (broad SMARTS) is 1. The average molecular weight is 331 g/mol. The van der Waals surface area contributed by atoms with Crippen molar-refractivity contribution in [3.05, 3.63) is 41.2 Å². The van der Waals surface area contributed by atoms with E-state index in [-0.39, 0.29) is 16.6 Å². The standard InChI is InChI=1S/C15H11ClN4O3/c1-7(21)18-13-4-8(2-3-17-13)10-6-11-14(20-10)9(15(22)23)5-12(16)19-11/h2-6,20H,1H3,(H,22,23)(H,17,18,21). The lowest BCUT2D eigenvalue weighted by Gasteiger charge is -2.03. The van der Waals surface area contributed by atoms with Gasteiger partial charge in [0.15, 0.2) is 0 Å². The first-order valence-corrected chi connectivity index (χ1v) is 6.98. The molecule has 8 heteroatoms. The Morgan fingerprint density at radius 1 is 1.30 bits per heavy atom. The quantitative estimate of drug-likeness (QED) is 0.640. The van der Waals surface area contributed by atoms with E-state index in [1.807, 2.05) is 0 Å². The molecule has 3 aromatic rings. The lowest BCUT2D eigenvalue weighted by atomic mass is 10.2. The molecule has 0 fully saturated rings. The van der Waals surface area contributed by atoms with E-state index in [9.17, 15) is 14.7 Å². The van der Waals surface area contributed by atoms with Crippen molar-refractivity contribution in [1.82, 2.24) is 15.0 Å². The topological polar surface area (TPSA) is 108 Å². The van der Waals surface area contributed by atoms with Crippen LogP contribution < -0.4 is 5.32 Å². The van der Waals surface area contributed by atoms with Gasteiger partial charge in [-0.15, -0.1) is 0 Å². The van der Waals surface area contributed by atoms with Gasteiger partial charge in [-0.2, -0.15) is 0 Å². The van der Waals surface area contributed by atoms with Crippen LogP contribution in [0.3, 0.4) is 0 Å². The van der Waals surface area contributed by atoms with E-state index in [2.05, 4.69) is 20.3 Å². The highest BCUT2D eigenvalue weighted by Gasteiger charge is 2.15. The summed E-state index contributed by atoms with van der Waals surface area (Å²) in [5.74, 6) is -0.924. The maximum Gasteiger partial charge on any atom is 0.338 e. The number of H-pyrrole nitrogens is 1. The minimum Gasteiger partial charge on any atom is -0.478 e. The molecule has 116 valence electrons. The minimum absolute atomic E-state index is 0.0439. The zero-order chi connectivity index (χ0) is 16.6. The highest BCUT2D eigenvalue weighted by atomic mass is 35.5. The maximum atomic E-state index is 11.3. The summed E-state index contributed by atoms with van der Waals surface area (Å²) < 4.78 is 0. The molecule has 0 aromatic carbocycles. The molecule has 0 radical (unpaired) electrons. The van der Waals surface area contributed by atoms with Gasteiger partial charge >= 0.3 is 5.97 Å². The number of hydrogen-bond donors (Lipinski definition) is 3. The highest BCUT2D eigenvalue weighted by molar-refractivity contribution is 6.30. The van der Waals surface area contributed by atoms with E-state index in [0.717, 1.165) is 5.56 Å². The van der Waals surface area contributed by atoms with Crippen molar-refractivity contribution in [2.45, 2.75) is 6.92 Å². The van der Waals surface area contributed by atoms with Crippen LogP contribution in [0.2, 0.25) is 5.15 Å². The molecule has 0 unspecified atom stereocenters. The van der Waals surface area contributed by atoms with E-state index < -0.39 is 5.97 Å². The van der Waals surface area contributed by atoms with Crippen molar-refractivity contribution in [3.8, 4) is 11.3 Å². The lowest BCUT2D eigenvalue weighted by Crippen LogP contribution is -2.07. The summed E-state index contributed by atoms with van der Waals surface area (Å²) >= 11 is 5.86. The van der Waals surface area contributed by atoms with Crippen LogP contribution in [0, 0.1) is 0 Å². The second-order valence-electron chi connectivity index (χ2n) is 4.85. The van der Waals surface area contributed by atoms with E-state index in [0.29, 0.717) is 22.5 Å². The van der Waals surface area contributed by atoms with E-state index in [4.69, 9.17) is 11.6 Å². The highest BCUT2D eigenvalue weighted by Crippen LogP contribution is 2.27. The van der Waals surface area contributed by atoms with Crippen LogP contribution in [0.4, 0.5) is 5.82 Å². The number of halogens is 1. The Balaban J connectivity index is 2.12. The van der Waals surface area contributed by atoms with E-state index >= 15 is 0 Å². The van der Waals surface area contributed by atoms with Gasteiger partial charge < -0.3 is 15.4 Å². The van der Waals surface area contributed by atoms with Crippen molar-refractivity contribution >= 4 is 40.3 Å². The van der Waals surface area contributed by atoms with Gasteiger partial charge in [-0.25, -0.2) is 14.8 Å². The number of carboxylic acids is 1. The monoisotopic (exact) mass is 330 g/mol. The average Bonchev–Trinajstić information content (AvgIpc) is 2.89. The van der Waals surface area contributed by atoms with Gasteiger partial charge in [0.2, 0.25) is 5.91 Å². The third-order valence-electron chi connectivity index (χ3n) is 3.16. The number of aromatic carboxylic acids is 1. The first-order valence-electron chi connectivity index (χ1n) is 6.60. The molecule has 3 rings (SSSR count). The molecule has 7 nitrogen and oxygen atoms in total. The molecule has 3 heterocycles. The van der Waals surface area contributed by atoms with Crippen LogP contribution in [0.5, 0.6) is 0 Å². The van der Waals surface area contributed by atoms with Gasteiger partial charge in [-0.1, -0.05) is 11.6 Å². The molecule has 0 spiro atoms. The Hall–Kier alpha value is -2.93. The van der Waals surface area contributed by atoms with Gasteiger partial charge in [0, 0.05) is 24.4 Å². The number of carbonyl (C=O) groups is 2. The van der Waals surface area contributed by atoms with Gasteiger partial charge in [-0.05, 0) is 24.3 Å². The Morgan fingerprint density at radius 2 is 2.09 bits per heavy atom. The SMILES string of the molecule is CC(=O)Nc1cc(-c2cc3nc(Cl)cc(C(=O)O)c3[nH]2)ccn1. The van der Waals surface area contributed by atoms with Crippen molar-refractivity contribution in [2.75, 3.05) is 5.32 Å². The number of aromatic nitrogens is 3. The summed E-state index contributed by atoms with van der Waals surface area (Å²) in [4.78, 5) is 33.6. The molecule has 0 bridgehead atoms. The molecule has 3 aromatic heterocycles. The van der Waals surface area contributed by atoms with Crippen molar-refractivity contribution < 1.29 is 14.7 Å². The molecule has 0 aliphatic heterocycles. The number of amides is 1. The normalized spacial score (nSPS) is 10.7. The Labute approximate surface area is 135 Å². The maximum absolute atomic E-state index is 11.3. The smallest absolute Gasteiger partial charge is 0.338 e. The Kier molecular flexibility index (Phi) is 3.71. The van der Waals surface area contributed by atoms with Crippen LogP contribution >= 0.6 is 11.6 Å². The number of rotatable bonds is 3. The fourth-order valence-electron chi connectivity index (χ4n) is 2.25. The molecule has 0 saturated heterocycles. The lowest BCUT2D eigenvalue weighted by molar-refractivity contribution is -0.114. The fourth-order valence-corrected chi connectivity index (χ4v) is 2.45. The van der Waals surface area contributed by atoms with Crippen molar-refractivity contribution in [2.24, 2.45) is 0 Å². The summed E-state index contributed by atoms with van der Waals surface area (Å²) in [6.07, 6.45) is 1.55. The molecular formula is C15H11ClN4O3. The molecule has 0 atom stereocenters. The molecule has 1 amide bonds. The molecule has 3 N–H and O–H groups in total. The number of nitrogens with one attached hydrogen (secondary N) is 2. The number of hydrogen-bond acceptors (Lipinski definition) is 4. The molecule has 23 heavy (non-hydrogen) atoms. The summed E-state index contributed by atoms with van der Waals surface area (Å²) in [5, 5.41) is 12.0. The molecule has 0 saturated carbocycles. The van der Waals surface area contributed by atoms with Crippen LogP contribution in [0.15, 0.2) is 30.5 Å². The number of nitrogens with zero attached hydrogens (tertiary/aromatic N) is 2. The van der Waals surface area contributed by atoms with Gasteiger partial charge in [0.25, 0.3) is 0 Å². The molecule has 0 aliphatic rings. The molecular weight excluding hydrogens is 320 g/mol. The number of pyridine rings is 2. The fraction of sp³-hybridized carbons (Fsp3) is 0.0667. The van der Waals surface area contributed by atoms with Gasteiger partial charge in [-0.3, -0.25) is 4.79 Å². The predicted molar refractivity (Wildman–Crippen MR) is 85.6 cm³/mol. The first kappa shape index (κ1) is 15.0. The van der Waals surface area contributed by atoms with Crippen molar-refractivity contribution in [3.63, 3.8) is 0 Å². The number of fused-ring (bicyclic) bond motifs is 1. The first-order chi connectivity index (χ1) is 10.9. The number of carbonyl (C=O) groups excluding carboxylic acids is 1. The van der Waals surface area contributed by atoms with Crippen molar-refractivity contribution in [1.29, 1.82) is 0 Å². The zero-order valence-electron chi connectivity index (χ0n) is 11.9. The summed E-state index contributed by atoms with van der Waals surface area (Å²) in [6.45, 7) is 1.39. The number of anilines is 1. The van der Waals surface area contributed by atoms with Crippen LogP contribution in [0.25, 0.3) is 22.3 Å². The van der Waals surface area contributed by atoms with Gasteiger partial charge in [0.1, 0.15) is 11.0 Å². The van der Waals surface area contributed by atoms with Crippen LogP contribution in [-0.2, 0) is 4.79 Å². The van der Waals surface area contributed by atoms with Gasteiger partial charge in [0.05, 0.1) is 16.6 Å². The van der Waals surface area contributed by atoms with E-state index in [1.54, 1.807) is 24.4 Å². The largest absolute Gasteiger partial charge is 0.478 e. The third-order valence-corrected chi connectivity index (χ3v) is 3.36. The van der Waals surface area contributed by atoms with E-state index in [1.165, 1.54) is 13.0 Å². The second-order valence-corrected chi connectivity index (χ2v) is 5.24. The number of aromatic amines is 1. The minimum atomic E-state index is -1.10. The second kappa shape index (κ2) is 5.69. The predicted octanol–water partition coefficient (Wildman–Crippen LogP) is 2.93. The Morgan fingerprint density at radius 3 is 2.78 bits per heavy atom.